The lowest BCUT2D eigenvalue weighted by Gasteiger charge is -2.13. The fraction of sp³-hybridized carbons (Fsp3) is 0.409. The molecular formula is C22H23N3O3S2. The molecule has 0 radical (unpaired) electrons. The van der Waals surface area contributed by atoms with Gasteiger partial charge in [0.2, 0.25) is 5.91 Å². The zero-order valence-corrected chi connectivity index (χ0v) is 18.2. The van der Waals surface area contributed by atoms with Crippen LogP contribution in [0.1, 0.15) is 29.7 Å². The molecule has 0 bridgehead atoms. The molecule has 156 valence electrons. The Morgan fingerprint density at radius 3 is 2.93 bits per heavy atom. The fourth-order valence-electron chi connectivity index (χ4n) is 4.14. The van der Waals surface area contributed by atoms with Crippen molar-refractivity contribution in [3.05, 3.63) is 51.1 Å². The summed E-state index contributed by atoms with van der Waals surface area (Å²) in [6.45, 7) is 1.31. The van der Waals surface area contributed by atoms with Crippen LogP contribution in [-0.2, 0) is 22.4 Å². The van der Waals surface area contributed by atoms with Crippen molar-refractivity contribution in [2.75, 3.05) is 18.9 Å². The first kappa shape index (κ1) is 19.8. The molecule has 1 amide bonds. The van der Waals surface area contributed by atoms with Gasteiger partial charge in [0.15, 0.2) is 5.16 Å². The van der Waals surface area contributed by atoms with E-state index in [0.717, 1.165) is 54.6 Å². The molecule has 8 heteroatoms. The number of hydrogen-bond donors (Lipinski definition) is 1. The SMILES string of the molecule is O=C(CSc1nc2sc3c(c2c(=O)n1-c1ccccc1)CCC3)NC[C@@H]1CCCO1. The average molecular weight is 442 g/mol. The van der Waals surface area contributed by atoms with Crippen LogP contribution in [0.25, 0.3) is 15.9 Å². The minimum absolute atomic E-state index is 0.0344. The number of para-hydroxylation sites is 1. The van der Waals surface area contributed by atoms with Gasteiger partial charge in [-0.05, 0) is 49.8 Å². The molecule has 2 aliphatic rings. The van der Waals surface area contributed by atoms with Crippen molar-refractivity contribution in [3.63, 3.8) is 0 Å². The number of rotatable bonds is 6. The molecule has 0 saturated carbocycles. The van der Waals surface area contributed by atoms with Gasteiger partial charge in [0.25, 0.3) is 5.56 Å². The average Bonchev–Trinajstić information content (AvgIpc) is 3.48. The van der Waals surface area contributed by atoms with E-state index < -0.39 is 0 Å². The Balaban J connectivity index is 1.44. The largest absolute Gasteiger partial charge is 0.376 e. The molecule has 3 heterocycles. The molecular weight excluding hydrogens is 418 g/mol. The van der Waals surface area contributed by atoms with Crippen LogP contribution in [0.3, 0.4) is 0 Å². The molecule has 3 aromatic rings. The van der Waals surface area contributed by atoms with Crippen molar-refractivity contribution in [3.8, 4) is 5.69 Å². The van der Waals surface area contributed by atoms with Gasteiger partial charge in [0, 0.05) is 18.0 Å². The maximum Gasteiger partial charge on any atom is 0.267 e. The monoisotopic (exact) mass is 441 g/mol. The molecule has 1 atom stereocenters. The van der Waals surface area contributed by atoms with Gasteiger partial charge in [-0.3, -0.25) is 14.2 Å². The Morgan fingerprint density at radius 2 is 2.13 bits per heavy atom. The zero-order valence-electron chi connectivity index (χ0n) is 16.6. The molecule has 1 saturated heterocycles. The topological polar surface area (TPSA) is 73.2 Å². The van der Waals surface area contributed by atoms with Crippen LogP contribution in [0.5, 0.6) is 0 Å². The normalized spacial score (nSPS) is 18.1. The van der Waals surface area contributed by atoms with E-state index >= 15 is 0 Å². The van der Waals surface area contributed by atoms with Gasteiger partial charge >= 0.3 is 0 Å². The zero-order chi connectivity index (χ0) is 20.5. The summed E-state index contributed by atoms with van der Waals surface area (Å²) in [6, 6.07) is 9.56. The first-order valence-electron chi connectivity index (χ1n) is 10.3. The predicted molar refractivity (Wildman–Crippen MR) is 120 cm³/mol. The second-order valence-electron chi connectivity index (χ2n) is 7.64. The standard InChI is InChI=1S/C22H23N3O3S2/c26-18(23-12-15-8-5-11-28-15)13-29-22-24-20-19(16-9-4-10-17(16)30-20)21(27)25(22)14-6-2-1-3-7-14/h1-3,6-7,15H,4-5,8-13H2,(H,23,26)/t15-/m0/s1. The van der Waals surface area contributed by atoms with Crippen molar-refractivity contribution in [2.24, 2.45) is 0 Å². The smallest absolute Gasteiger partial charge is 0.267 e. The van der Waals surface area contributed by atoms with Crippen LogP contribution in [0, 0.1) is 0 Å². The second kappa shape index (κ2) is 8.53. The highest BCUT2D eigenvalue weighted by molar-refractivity contribution is 7.99. The first-order chi connectivity index (χ1) is 14.7. The van der Waals surface area contributed by atoms with Crippen molar-refractivity contribution >= 4 is 39.2 Å². The van der Waals surface area contributed by atoms with Gasteiger partial charge < -0.3 is 10.1 Å². The number of nitrogens with one attached hydrogen (secondary N) is 1. The number of benzene rings is 1. The number of amides is 1. The van der Waals surface area contributed by atoms with Gasteiger partial charge in [-0.1, -0.05) is 30.0 Å². The maximum absolute atomic E-state index is 13.5. The molecule has 1 aromatic carbocycles. The highest BCUT2D eigenvalue weighted by atomic mass is 32.2. The van der Waals surface area contributed by atoms with Gasteiger partial charge in [-0.25, -0.2) is 4.98 Å². The fourth-order valence-corrected chi connectivity index (χ4v) is 6.29. The number of fused-ring (bicyclic) bond motifs is 3. The minimum atomic E-state index is -0.0712. The summed E-state index contributed by atoms with van der Waals surface area (Å²) in [5.41, 5.74) is 1.91. The quantitative estimate of drug-likeness (QED) is 0.469. The summed E-state index contributed by atoms with van der Waals surface area (Å²) in [4.78, 5) is 32.8. The summed E-state index contributed by atoms with van der Waals surface area (Å²) >= 11 is 2.93. The van der Waals surface area contributed by atoms with Crippen LogP contribution >= 0.6 is 23.1 Å². The Hall–Kier alpha value is -2.16. The van der Waals surface area contributed by atoms with Crippen molar-refractivity contribution in [1.82, 2.24) is 14.9 Å². The number of thioether (sulfide) groups is 1. The Labute approximate surface area is 182 Å². The molecule has 30 heavy (non-hydrogen) atoms. The lowest BCUT2D eigenvalue weighted by Crippen LogP contribution is -2.33. The summed E-state index contributed by atoms with van der Waals surface area (Å²) in [7, 11) is 0. The second-order valence-corrected chi connectivity index (χ2v) is 9.66. The molecule has 1 N–H and O–H groups in total. The molecule has 2 aromatic heterocycles. The lowest BCUT2D eigenvalue weighted by atomic mass is 10.2. The number of ether oxygens (including phenoxy) is 1. The van der Waals surface area contributed by atoms with E-state index in [1.165, 1.54) is 22.2 Å². The molecule has 1 fully saturated rings. The number of hydrogen-bond acceptors (Lipinski definition) is 6. The van der Waals surface area contributed by atoms with E-state index in [0.29, 0.717) is 11.7 Å². The Morgan fingerprint density at radius 1 is 1.27 bits per heavy atom. The number of carbonyl (C=O) groups is 1. The van der Waals surface area contributed by atoms with Gasteiger partial charge in [0.05, 0.1) is 22.9 Å². The van der Waals surface area contributed by atoms with E-state index in [1.54, 1.807) is 15.9 Å². The van der Waals surface area contributed by atoms with Crippen LogP contribution in [0.2, 0.25) is 0 Å². The van der Waals surface area contributed by atoms with Gasteiger partial charge in [-0.2, -0.15) is 0 Å². The summed E-state index contributed by atoms with van der Waals surface area (Å²) in [6.07, 6.45) is 5.22. The third-order valence-corrected chi connectivity index (χ3v) is 7.73. The molecule has 1 aliphatic heterocycles. The van der Waals surface area contributed by atoms with E-state index in [4.69, 9.17) is 9.72 Å². The molecule has 0 spiro atoms. The van der Waals surface area contributed by atoms with Crippen molar-refractivity contribution in [2.45, 2.75) is 43.4 Å². The Bertz CT molecular complexity index is 1130. The molecule has 1 aliphatic carbocycles. The predicted octanol–water partition coefficient (Wildman–Crippen LogP) is 3.32. The highest BCUT2D eigenvalue weighted by Crippen LogP contribution is 2.36. The van der Waals surface area contributed by atoms with Crippen LogP contribution in [0.4, 0.5) is 0 Å². The maximum atomic E-state index is 13.5. The minimum Gasteiger partial charge on any atom is -0.376 e. The number of nitrogens with zero attached hydrogens (tertiary/aromatic N) is 2. The molecule has 0 unspecified atom stereocenters. The van der Waals surface area contributed by atoms with E-state index in [9.17, 15) is 9.59 Å². The molecule has 6 nitrogen and oxygen atoms in total. The van der Waals surface area contributed by atoms with Crippen LogP contribution < -0.4 is 10.9 Å². The van der Waals surface area contributed by atoms with Gasteiger partial charge in [0.1, 0.15) is 4.83 Å². The molecule has 5 rings (SSSR count). The van der Waals surface area contributed by atoms with Crippen molar-refractivity contribution in [1.29, 1.82) is 0 Å². The third kappa shape index (κ3) is 3.79. The van der Waals surface area contributed by atoms with Crippen LogP contribution in [0.15, 0.2) is 40.3 Å². The summed E-state index contributed by atoms with van der Waals surface area (Å²) < 4.78 is 7.22. The third-order valence-electron chi connectivity index (χ3n) is 5.61. The number of carbonyl (C=O) groups excluding carboxylic acids is 1. The van der Waals surface area contributed by atoms with Crippen molar-refractivity contribution < 1.29 is 9.53 Å². The van der Waals surface area contributed by atoms with Crippen LogP contribution in [-0.4, -0.2) is 40.5 Å². The van der Waals surface area contributed by atoms with E-state index in [1.807, 2.05) is 30.3 Å². The Kier molecular flexibility index (Phi) is 5.62. The number of aryl methyl sites for hydroxylation is 2. The highest BCUT2D eigenvalue weighted by Gasteiger charge is 2.24. The van der Waals surface area contributed by atoms with E-state index in [2.05, 4.69) is 5.32 Å². The van der Waals surface area contributed by atoms with Gasteiger partial charge in [-0.15, -0.1) is 11.3 Å². The summed E-state index contributed by atoms with van der Waals surface area (Å²) in [5, 5.41) is 4.25. The first-order valence-corrected chi connectivity index (χ1v) is 12.1. The number of aromatic nitrogens is 2. The number of thiophene rings is 1. The lowest BCUT2D eigenvalue weighted by molar-refractivity contribution is -0.119. The summed E-state index contributed by atoms with van der Waals surface area (Å²) in [5.74, 6) is 0.140. The van der Waals surface area contributed by atoms with E-state index in [-0.39, 0.29) is 23.3 Å².